The maximum Gasteiger partial charge on any atom is 0.257 e. The molecule has 5 rings (SSSR count). The summed E-state index contributed by atoms with van der Waals surface area (Å²) in [6.45, 7) is 2.24. The molecular formula is C28H25F2N5O2. The van der Waals surface area contributed by atoms with Crippen LogP contribution in [0.5, 0.6) is 0 Å². The van der Waals surface area contributed by atoms with Crippen molar-refractivity contribution in [3.8, 4) is 6.07 Å². The number of likely N-dealkylation sites (tertiary alicyclic amines) is 1. The van der Waals surface area contributed by atoms with Crippen molar-refractivity contribution in [1.29, 1.82) is 5.26 Å². The summed E-state index contributed by atoms with van der Waals surface area (Å²) in [4.78, 5) is 33.7. The summed E-state index contributed by atoms with van der Waals surface area (Å²) in [5.41, 5.74) is -0.286. The monoisotopic (exact) mass is 501 g/mol. The van der Waals surface area contributed by atoms with Crippen LogP contribution in [0.1, 0.15) is 51.1 Å². The number of benzene rings is 2. The molecule has 2 aliphatic rings. The molecule has 2 aromatic carbocycles. The quantitative estimate of drug-likeness (QED) is 0.550. The van der Waals surface area contributed by atoms with Crippen molar-refractivity contribution >= 4 is 23.3 Å². The Balaban J connectivity index is 1.24. The Hall–Kier alpha value is -4.32. The molecule has 9 heteroatoms. The van der Waals surface area contributed by atoms with E-state index in [0.717, 1.165) is 31.4 Å². The molecular weight excluding hydrogens is 476 g/mol. The minimum absolute atomic E-state index is 0.107. The molecule has 0 bridgehead atoms. The van der Waals surface area contributed by atoms with Crippen LogP contribution in [-0.4, -0.2) is 47.9 Å². The number of nitriles is 1. The number of rotatable bonds is 5. The first kappa shape index (κ1) is 24.4. The van der Waals surface area contributed by atoms with Crippen LogP contribution >= 0.6 is 0 Å². The number of alkyl halides is 1. The third kappa shape index (κ3) is 5.00. The van der Waals surface area contributed by atoms with Gasteiger partial charge in [-0.15, -0.1) is 0 Å². The second kappa shape index (κ2) is 9.97. The number of hydrogen-bond acceptors (Lipinski definition) is 5. The molecule has 0 unspecified atom stereocenters. The maximum atomic E-state index is 15.6. The number of carbonyl (C=O) groups is 2. The Bertz CT molecular complexity index is 1360. The number of anilines is 2. The van der Waals surface area contributed by atoms with Gasteiger partial charge in [-0.3, -0.25) is 9.59 Å². The molecule has 1 aromatic heterocycles. The number of hydrogen-bond donors (Lipinski definition) is 1. The molecule has 0 aliphatic carbocycles. The van der Waals surface area contributed by atoms with E-state index < -0.39 is 17.4 Å². The second-order valence-corrected chi connectivity index (χ2v) is 9.34. The number of amides is 2. The molecule has 2 saturated heterocycles. The van der Waals surface area contributed by atoms with Gasteiger partial charge in [0.25, 0.3) is 11.8 Å². The number of carbonyl (C=O) groups excluding carboxylic acids is 2. The van der Waals surface area contributed by atoms with E-state index in [1.165, 1.54) is 23.2 Å². The van der Waals surface area contributed by atoms with Crippen LogP contribution in [0, 0.1) is 17.1 Å². The average Bonchev–Trinajstić information content (AvgIpc) is 2.89. The standard InChI is InChI=1S/C28H25F2N5O2/c29-23-8-4-20(16-24(23)33-26(36)21-5-9-25(32-18-21)34-12-1-13-34)27(37)35-14-10-28(30,11-15-35)22-6-2-19(17-31)3-7-22/h2-9,16,18H,1,10-15H2,(H,33,36). The Morgan fingerprint density at radius 2 is 1.68 bits per heavy atom. The summed E-state index contributed by atoms with van der Waals surface area (Å²) in [5.74, 6) is -0.774. The smallest absolute Gasteiger partial charge is 0.257 e. The number of aromatic nitrogens is 1. The zero-order valence-corrected chi connectivity index (χ0v) is 20.1. The Kier molecular flexibility index (Phi) is 6.57. The van der Waals surface area contributed by atoms with E-state index in [0.29, 0.717) is 11.1 Å². The maximum absolute atomic E-state index is 15.6. The van der Waals surface area contributed by atoms with E-state index in [2.05, 4.69) is 15.2 Å². The first-order valence-corrected chi connectivity index (χ1v) is 12.2. The molecule has 2 fully saturated rings. The van der Waals surface area contributed by atoms with Gasteiger partial charge in [-0.25, -0.2) is 13.8 Å². The fourth-order valence-corrected chi connectivity index (χ4v) is 4.58. The van der Waals surface area contributed by atoms with Crippen molar-refractivity contribution < 1.29 is 18.4 Å². The molecule has 2 aliphatic heterocycles. The average molecular weight is 502 g/mol. The highest BCUT2D eigenvalue weighted by molar-refractivity contribution is 6.05. The fourth-order valence-electron chi connectivity index (χ4n) is 4.58. The molecule has 1 N–H and O–H groups in total. The van der Waals surface area contributed by atoms with Crippen LogP contribution in [0.4, 0.5) is 20.3 Å². The van der Waals surface area contributed by atoms with Crippen molar-refractivity contribution in [3.63, 3.8) is 0 Å². The van der Waals surface area contributed by atoms with E-state index in [9.17, 15) is 14.0 Å². The summed E-state index contributed by atoms with van der Waals surface area (Å²) < 4.78 is 30.1. The van der Waals surface area contributed by atoms with Crippen molar-refractivity contribution in [1.82, 2.24) is 9.88 Å². The molecule has 7 nitrogen and oxygen atoms in total. The normalized spacial score (nSPS) is 16.5. The van der Waals surface area contributed by atoms with Crippen molar-refractivity contribution in [2.45, 2.75) is 24.9 Å². The molecule has 3 aromatic rings. The highest BCUT2D eigenvalue weighted by Crippen LogP contribution is 2.37. The molecule has 0 saturated carbocycles. The topological polar surface area (TPSA) is 89.3 Å². The van der Waals surface area contributed by atoms with E-state index in [1.807, 2.05) is 6.07 Å². The van der Waals surface area contributed by atoms with Crippen molar-refractivity contribution in [3.05, 3.63) is 88.9 Å². The Labute approximate surface area is 213 Å². The van der Waals surface area contributed by atoms with Gasteiger partial charge in [0, 0.05) is 50.8 Å². The Morgan fingerprint density at radius 3 is 2.27 bits per heavy atom. The first-order valence-electron chi connectivity index (χ1n) is 12.2. The highest BCUT2D eigenvalue weighted by atomic mass is 19.1. The predicted octanol–water partition coefficient (Wildman–Crippen LogP) is 4.66. The van der Waals surface area contributed by atoms with Gasteiger partial charge in [-0.05, 0) is 54.4 Å². The van der Waals surface area contributed by atoms with Crippen LogP contribution in [0.25, 0.3) is 0 Å². The molecule has 0 radical (unpaired) electrons. The van der Waals surface area contributed by atoms with Gasteiger partial charge in [-0.2, -0.15) is 5.26 Å². The van der Waals surface area contributed by atoms with Crippen molar-refractivity contribution in [2.24, 2.45) is 0 Å². The van der Waals surface area contributed by atoms with Crippen molar-refractivity contribution in [2.75, 3.05) is 36.4 Å². The van der Waals surface area contributed by atoms with Gasteiger partial charge >= 0.3 is 0 Å². The van der Waals surface area contributed by atoms with Crippen LogP contribution in [0.3, 0.4) is 0 Å². The summed E-state index contributed by atoms with van der Waals surface area (Å²) in [6.07, 6.45) is 2.77. The lowest BCUT2D eigenvalue weighted by molar-refractivity contribution is 0.0421. The molecule has 0 atom stereocenters. The Morgan fingerprint density at radius 1 is 0.973 bits per heavy atom. The van der Waals surface area contributed by atoms with Gasteiger partial charge < -0.3 is 15.1 Å². The van der Waals surface area contributed by atoms with E-state index >= 15 is 4.39 Å². The number of nitrogens with zero attached hydrogens (tertiary/aromatic N) is 4. The molecule has 188 valence electrons. The summed E-state index contributed by atoms with van der Waals surface area (Å²) in [5, 5.41) is 11.5. The molecule has 2 amide bonds. The minimum Gasteiger partial charge on any atom is -0.356 e. The number of pyridine rings is 1. The third-order valence-electron chi connectivity index (χ3n) is 7.03. The van der Waals surface area contributed by atoms with Gasteiger partial charge in [0.2, 0.25) is 0 Å². The lowest BCUT2D eigenvalue weighted by atomic mass is 9.85. The van der Waals surface area contributed by atoms with Crippen LogP contribution in [0.15, 0.2) is 60.8 Å². The fraction of sp³-hybridized carbons (Fsp3) is 0.286. The number of nitrogens with one attached hydrogen (secondary N) is 1. The van der Waals surface area contributed by atoms with Crippen LogP contribution in [-0.2, 0) is 5.67 Å². The molecule has 3 heterocycles. The zero-order valence-electron chi connectivity index (χ0n) is 20.1. The first-order chi connectivity index (χ1) is 17.9. The van der Waals surface area contributed by atoms with Crippen LogP contribution < -0.4 is 10.2 Å². The largest absolute Gasteiger partial charge is 0.356 e. The summed E-state index contributed by atoms with van der Waals surface area (Å²) in [6, 6.07) is 15.6. The SMILES string of the molecule is N#Cc1ccc(C2(F)CCN(C(=O)c3ccc(F)c(NC(=O)c4ccc(N5CCC5)nc4)c3)CC2)cc1. The zero-order chi connectivity index (χ0) is 26.0. The van der Waals surface area contributed by atoms with Gasteiger partial charge in [-0.1, -0.05) is 12.1 Å². The minimum atomic E-state index is -1.59. The lowest BCUT2D eigenvalue weighted by Crippen LogP contribution is -2.43. The van der Waals surface area contributed by atoms with Crippen LogP contribution in [0.2, 0.25) is 0 Å². The van der Waals surface area contributed by atoms with E-state index in [1.54, 1.807) is 36.4 Å². The second-order valence-electron chi connectivity index (χ2n) is 9.34. The van der Waals surface area contributed by atoms with Gasteiger partial charge in [0.15, 0.2) is 0 Å². The van der Waals surface area contributed by atoms with Gasteiger partial charge in [0.05, 0.1) is 22.9 Å². The van der Waals surface area contributed by atoms with E-state index in [4.69, 9.17) is 5.26 Å². The summed E-state index contributed by atoms with van der Waals surface area (Å²) >= 11 is 0. The number of piperidine rings is 1. The number of halogens is 2. The lowest BCUT2D eigenvalue weighted by Gasteiger charge is -2.36. The predicted molar refractivity (Wildman–Crippen MR) is 135 cm³/mol. The highest BCUT2D eigenvalue weighted by Gasteiger charge is 2.37. The van der Waals surface area contributed by atoms with Gasteiger partial charge in [0.1, 0.15) is 17.3 Å². The summed E-state index contributed by atoms with van der Waals surface area (Å²) in [7, 11) is 0. The molecule has 37 heavy (non-hydrogen) atoms. The molecule has 0 spiro atoms. The van der Waals surface area contributed by atoms with E-state index in [-0.39, 0.29) is 48.7 Å². The third-order valence-corrected chi connectivity index (χ3v) is 7.03.